The van der Waals surface area contributed by atoms with Crippen LogP contribution in [-0.4, -0.2) is 96.1 Å². The average Bonchev–Trinajstić information content (AvgIpc) is 1.59. The van der Waals surface area contributed by atoms with E-state index in [0.29, 0.717) is 6.61 Å². The minimum absolute atomic E-state index is 0. The van der Waals surface area contributed by atoms with E-state index >= 15 is 0 Å². The number of nitrogens with zero attached hydrogens (tertiary/aromatic N) is 1. The Morgan fingerprint density at radius 1 is 1.36 bits per heavy atom. The standard InChI is InChI=1S/C7H16NO2.K.H/c1-7(9)10-6-5-8(2,3)4;;/h5-6H2,1-4H3;;/q+1;;. The van der Waals surface area contributed by atoms with Gasteiger partial charge in [0, 0.05) is 6.92 Å². The number of hydrogen-bond donors (Lipinski definition) is 0. The molecule has 0 amide bonds. The molecule has 0 bridgehead atoms. The van der Waals surface area contributed by atoms with Crippen LogP contribution in [0.3, 0.4) is 0 Å². The molecule has 0 unspecified atom stereocenters. The molecule has 0 saturated carbocycles. The summed E-state index contributed by atoms with van der Waals surface area (Å²) < 4.78 is 5.59. The van der Waals surface area contributed by atoms with E-state index in [1.807, 2.05) is 0 Å². The number of rotatable bonds is 3. The van der Waals surface area contributed by atoms with Crippen molar-refractivity contribution in [1.82, 2.24) is 0 Å². The molecule has 0 atom stereocenters. The molecular weight excluding hydrogens is 169 g/mol. The Bertz CT molecular complexity index is 120. The van der Waals surface area contributed by atoms with Crippen LogP contribution in [0.25, 0.3) is 0 Å². The molecule has 3 nitrogen and oxygen atoms in total. The number of quaternary nitrogens is 1. The Morgan fingerprint density at radius 2 is 1.82 bits per heavy atom. The predicted octanol–water partition coefficient (Wildman–Crippen LogP) is -0.393. The molecule has 4 heteroatoms. The van der Waals surface area contributed by atoms with Crippen molar-refractivity contribution in [1.29, 1.82) is 0 Å². The molecular formula is C7H17KNO2+. The van der Waals surface area contributed by atoms with Crippen LogP contribution in [0.5, 0.6) is 0 Å². The summed E-state index contributed by atoms with van der Waals surface area (Å²) in [6.45, 7) is 2.80. The first-order valence-corrected chi connectivity index (χ1v) is 3.35. The number of esters is 1. The second kappa shape index (κ2) is 6.57. The van der Waals surface area contributed by atoms with Crippen molar-refractivity contribution in [2.75, 3.05) is 34.3 Å². The number of ether oxygens (including phenoxy) is 1. The van der Waals surface area contributed by atoms with Crippen molar-refractivity contribution in [3.63, 3.8) is 0 Å². The summed E-state index contributed by atoms with van der Waals surface area (Å²) in [5.74, 6) is -0.201. The first-order chi connectivity index (χ1) is 4.42. The van der Waals surface area contributed by atoms with Crippen LogP contribution >= 0.6 is 0 Å². The van der Waals surface area contributed by atoms with E-state index in [9.17, 15) is 4.79 Å². The molecule has 0 aliphatic carbocycles. The zero-order chi connectivity index (χ0) is 8.20. The molecule has 0 N–H and O–H groups in total. The van der Waals surface area contributed by atoms with Crippen molar-refractivity contribution in [3.05, 3.63) is 0 Å². The van der Waals surface area contributed by atoms with Crippen LogP contribution in [0.4, 0.5) is 0 Å². The van der Waals surface area contributed by atoms with Gasteiger partial charge in [-0.3, -0.25) is 4.79 Å². The summed E-state index contributed by atoms with van der Waals surface area (Å²) in [4.78, 5) is 10.3. The van der Waals surface area contributed by atoms with E-state index < -0.39 is 0 Å². The zero-order valence-electron chi connectivity index (χ0n) is 7.18. The molecule has 0 saturated heterocycles. The van der Waals surface area contributed by atoms with Gasteiger partial charge in [-0.2, -0.15) is 0 Å². The second-order valence-electron chi connectivity index (χ2n) is 3.35. The molecule has 0 aromatic rings. The Hall–Kier alpha value is 1.07. The van der Waals surface area contributed by atoms with Gasteiger partial charge in [0.2, 0.25) is 0 Å². The summed E-state index contributed by atoms with van der Waals surface area (Å²) in [6, 6.07) is 0. The summed E-state index contributed by atoms with van der Waals surface area (Å²) in [5.41, 5.74) is 0. The maximum absolute atomic E-state index is 10.3. The van der Waals surface area contributed by atoms with Gasteiger partial charge >= 0.3 is 57.4 Å². The molecule has 62 valence electrons. The molecule has 0 rings (SSSR count). The van der Waals surface area contributed by atoms with E-state index in [0.717, 1.165) is 11.0 Å². The summed E-state index contributed by atoms with van der Waals surface area (Å²) >= 11 is 0. The third kappa shape index (κ3) is 14.0. The van der Waals surface area contributed by atoms with Crippen LogP contribution in [-0.2, 0) is 9.53 Å². The molecule has 0 aliphatic rings. The van der Waals surface area contributed by atoms with Crippen molar-refractivity contribution in [3.8, 4) is 0 Å². The number of carbonyl (C=O) groups excluding carboxylic acids is 1. The Kier molecular flexibility index (Phi) is 8.71. The number of hydrogen-bond acceptors (Lipinski definition) is 2. The van der Waals surface area contributed by atoms with Crippen LogP contribution in [0.1, 0.15) is 6.92 Å². The van der Waals surface area contributed by atoms with E-state index in [-0.39, 0.29) is 57.4 Å². The van der Waals surface area contributed by atoms with Gasteiger partial charge in [0.25, 0.3) is 0 Å². The topological polar surface area (TPSA) is 26.3 Å². The van der Waals surface area contributed by atoms with Gasteiger partial charge in [-0.1, -0.05) is 0 Å². The zero-order valence-corrected chi connectivity index (χ0v) is 7.18. The third-order valence-corrected chi connectivity index (χ3v) is 1.07. The molecule has 11 heavy (non-hydrogen) atoms. The molecule has 0 fully saturated rings. The monoisotopic (exact) mass is 186 g/mol. The minimum atomic E-state index is -0.201. The average molecular weight is 186 g/mol. The van der Waals surface area contributed by atoms with Gasteiger partial charge < -0.3 is 9.22 Å². The van der Waals surface area contributed by atoms with Crippen LogP contribution in [0.15, 0.2) is 0 Å². The van der Waals surface area contributed by atoms with Crippen molar-refractivity contribution in [2.45, 2.75) is 6.92 Å². The summed E-state index contributed by atoms with van der Waals surface area (Å²) in [6.07, 6.45) is 0. The predicted molar refractivity (Wildman–Crippen MR) is 46.7 cm³/mol. The van der Waals surface area contributed by atoms with Gasteiger partial charge in [-0.05, 0) is 0 Å². The van der Waals surface area contributed by atoms with E-state index in [1.54, 1.807) is 0 Å². The molecule has 0 aromatic heterocycles. The Morgan fingerprint density at radius 3 is 2.09 bits per heavy atom. The normalized spacial score (nSPS) is 10.2. The molecule has 0 aromatic carbocycles. The van der Waals surface area contributed by atoms with Gasteiger partial charge in [0.1, 0.15) is 13.2 Å². The van der Waals surface area contributed by atoms with Gasteiger partial charge in [-0.25, -0.2) is 0 Å². The van der Waals surface area contributed by atoms with Crippen LogP contribution < -0.4 is 0 Å². The third-order valence-electron chi connectivity index (χ3n) is 1.07. The fourth-order valence-electron chi connectivity index (χ4n) is 0.463. The van der Waals surface area contributed by atoms with Crippen LogP contribution in [0.2, 0.25) is 0 Å². The van der Waals surface area contributed by atoms with E-state index in [1.165, 1.54) is 6.92 Å². The van der Waals surface area contributed by atoms with Crippen LogP contribution in [0, 0.1) is 0 Å². The number of likely N-dealkylation sites (N-methyl/N-ethyl adjacent to an activating group) is 1. The first kappa shape index (κ1) is 14.6. The van der Waals surface area contributed by atoms with Gasteiger partial charge in [0.15, 0.2) is 0 Å². The van der Waals surface area contributed by atoms with E-state index in [2.05, 4.69) is 21.1 Å². The molecule has 0 radical (unpaired) electrons. The summed E-state index contributed by atoms with van der Waals surface area (Å²) in [7, 11) is 6.18. The molecule has 0 heterocycles. The quantitative estimate of drug-likeness (QED) is 0.341. The van der Waals surface area contributed by atoms with Crippen molar-refractivity contribution < 1.29 is 14.0 Å². The fraction of sp³-hybridized carbons (Fsp3) is 0.857. The molecule has 0 spiro atoms. The Balaban J connectivity index is 0. The SMILES string of the molecule is CC(=O)OCC[N+](C)(C)C.[KH]. The molecule has 0 aliphatic heterocycles. The first-order valence-electron chi connectivity index (χ1n) is 3.35. The van der Waals surface area contributed by atoms with Crippen molar-refractivity contribution in [2.24, 2.45) is 0 Å². The fourth-order valence-corrected chi connectivity index (χ4v) is 0.463. The van der Waals surface area contributed by atoms with Gasteiger partial charge in [0.05, 0.1) is 21.1 Å². The van der Waals surface area contributed by atoms with Crippen molar-refractivity contribution >= 4 is 57.4 Å². The Labute approximate surface area is 111 Å². The summed E-state index contributed by atoms with van der Waals surface area (Å²) in [5, 5.41) is 0. The second-order valence-corrected chi connectivity index (χ2v) is 3.35. The number of carbonyl (C=O) groups is 1. The maximum atomic E-state index is 10.3. The van der Waals surface area contributed by atoms with Gasteiger partial charge in [-0.15, -0.1) is 0 Å². The van der Waals surface area contributed by atoms with E-state index in [4.69, 9.17) is 4.74 Å².